The Hall–Kier alpha value is -3.27. The lowest BCUT2D eigenvalue weighted by atomic mass is 10.2. The molecule has 0 fully saturated rings. The topological polar surface area (TPSA) is 103 Å². The van der Waals surface area contributed by atoms with E-state index in [2.05, 4.69) is 15.5 Å². The van der Waals surface area contributed by atoms with E-state index < -0.39 is 22.3 Å². The molecule has 0 unspecified atom stereocenters. The minimum Gasteiger partial charge on any atom is -0.325 e. The summed E-state index contributed by atoms with van der Waals surface area (Å²) in [7, 11) is 0. The molecule has 1 heterocycles. The molecule has 0 aliphatic carbocycles. The van der Waals surface area contributed by atoms with Crippen molar-refractivity contribution in [3.05, 3.63) is 70.3 Å². The van der Waals surface area contributed by atoms with Crippen LogP contribution < -0.4 is 5.32 Å². The monoisotopic (exact) mass is 387 g/mol. The lowest BCUT2D eigenvalue weighted by Gasteiger charge is -2.09. The van der Waals surface area contributed by atoms with E-state index in [1.54, 1.807) is 10.9 Å². The number of rotatable bonds is 6. The predicted molar refractivity (Wildman–Crippen MR) is 98.5 cm³/mol. The Morgan fingerprint density at radius 1 is 1.33 bits per heavy atom. The van der Waals surface area contributed by atoms with Gasteiger partial charge in [0.15, 0.2) is 5.16 Å². The van der Waals surface area contributed by atoms with Crippen LogP contribution in [0.15, 0.2) is 53.9 Å². The van der Waals surface area contributed by atoms with Gasteiger partial charge in [0.25, 0.3) is 0 Å². The van der Waals surface area contributed by atoms with Gasteiger partial charge in [-0.05, 0) is 30.7 Å². The smallest absolute Gasteiger partial charge is 0.306 e. The van der Waals surface area contributed by atoms with E-state index in [1.165, 1.54) is 17.8 Å². The number of nitrogens with zero attached hydrogens (tertiary/aromatic N) is 4. The number of nitrogens with one attached hydrogen (secondary N) is 1. The van der Waals surface area contributed by atoms with Crippen molar-refractivity contribution in [2.75, 3.05) is 11.1 Å². The Balaban J connectivity index is 1.68. The Labute approximate surface area is 157 Å². The molecule has 3 rings (SSSR count). The summed E-state index contributed by atoms with van der Waals surface area (Å²) >= 11 is 1.17. The summed E-state index contributed by atoms with van der Waals surface area (Å²) in [6.45, 7) is 1.96. The van der Waals surface area contributed by atoms with Crippen molar-refractivity contribution in [2.24, 2.45) is 0 Å². The van der Waals surface area contributed by atoms with Crippen LogP contribution in [-0.4, -0.2) is 31.3 Å². The summed E-state index contributed by atoms with van der Waals surface area (Å²) in [5.41, 5.74) is 1.38. The summed E-state index contributed by atoms with van der Waals surface area (Å²) in [5.74, 6) is -1.35. The molecule has 0 saturated heterocycles. The van der Waals surface area contributed by atoms with E-state index in [1.807, 2.05) is 31.2 Å². The van der Waals surface area contributed by atoms with Crippen LogP contribution in [0.1, 0.15) is 5.56 Å². The van der Waals surface area contributed by atoms with Crippen molar-refractivity contribution in [2.45, 2.75) is 12.1 Å². The van der Waals surface area contributed by atoms with Crippen LogP contribution in [0.25, 0.3) is 5.69 Å². The van der Waals surface area contributed by atoms with Gasteiger partial charge in [0, 0.05) is 11.8 Å². The number of para-hydroxylation sites is 1. The van der Waals surface area contributed by atoms with Crippen molar-refractivity contribution in [3.63, 3.8) is 0 Å². The molecular formula is C17H14FN5O3S. The molecule has 2 aromatic carbocycles. The Kier molecular flexibility index (Phi) is 5.46. The summed E-state index contributed by atoms with van der Waals surface area (Å²) in [5, 5.41) is 21.7. The molecular weight excluding hydrogens is 373 g/mol. The highest BCUT2D eigenvalue weighted by molar-refractivity contribution is 7.99. The second-order valence-electron chi connectivity index (χ2n) is 5.53. The van der Waals surface area contributed by atoms with Crippen molar-refractivity contribution in [1.82, 2.24) is 14.8 Å². The van der Waals surface area contributed by atoms with Crippen molar-refractivity contribution in [3.8, 4) is 5.69 Å². The van der Waals surface area contributed by atoms with Gasteiger partial charge in [0.2, 0.25) is 11.7 Å². The SMILES string of the molecule is Cc1ccccc1-n1cnnc1SCC(=O)Nc1ccc(F)c([N+](=O)[O-])c1. The van der Waals surface area contributed by atoms with Gasteiger partial charge in [-0.1, -0.05) is 30.0 Å². The number of thioether (sulfide) groups is 1. The number of nitro benzene ring substituents is 1. The standard InChI is InChI=1S/C17H14FN5O3S/c1-11-4-2-3-5-14(11)22-10-19-21-17(22)27-9-16(24)20-12-6-7-13(18)15(8-12)23(25)26/h2-8,10H,9H2,1H3,(H,20,24). The molecule has 3 aromatic rings. The fourth-order valence-corrected chi connectivity index (χ4v) is 3.10. The second kappa shape index (κ2) is 7.96. The Bertz CT molecular complexity index is 1010. The quantitative estimate of drug-likeness (QED) is 0.395. The summed E-state index contributed by atoms with van der Waals surface area (Å²) in [4.78, 5) is 22.1. The number of aromatic nitrogens is 3. The summed E-state index contributed by atoms with van der Waals surface area (Å²) < 4.78 is 15.1. The predicted octanol–water partition coefficient (Wildman–Crippen LogP) is 3.35. The molecule has 8 nitrogen and oxygen atoms in total. The molecule has 10 heteroatoms. The molecule has 27 heavy (non-hydrogen) atoms. The molecule has 0 radical (unpaired) electrons. The van der Waals surface area contributed by atoms with E-state index in [-0.39, 0.29) is 11.4 Å². The van der Waals surface area contributed by atoms with Crippen LogP contribution in [0, 0.1) is 22.9 Å². The Morgan fingerprint density at radius 2 is 2.11 bits per heavy atom. The number of carbonyl (C=O) groups excluding carboxylic acids is 1. The molecule has 1 N–H and O–H groups in total. The first-order chi connectivity index (χ1) is 13.0. The maximum absolute atomic E-state index is 13.4. The average Bonchev–Trinajstić information content (AvgIpc) is 3.10. The van der Waals surface area contributed by atoms with E-state index in [0.717, 1.165) is 23.4 Å². The minimum absolute atomic E-state index is 0.00967. The van der Waals surface area contributed by atoms with Gasteiger partial charge in [-0.2, -0.15) is 4.39 Å². The number of benzene rings is 2. The highest BCUT2D eigenvalue weighted by atomic mass is 32.2. The molecule has 0 saturated carbocycles. The van der Waals surface area contributed by atoms with Gasteiger partial charge in [0.1, 0.15) is 6.33 Å². The first kappa shape index (κ1) is 18.5. The second-order valence-corrected chi connectivity index (χ2v) is 6.47. The van der Waals surface area contributed by atoms with Crippen molar-refractivity contribution >= 4 is 29.0 Å². The van der Waals surface area contributed by atoms with Crippen LogP contribution in [-0.2, 0) is 4.79 Å². The minimum atomic E-state index is -0.960. The number of hydrogen-bond donors (Lipinski definition) is 1. The van der Waals surface area contributed by atoms with Crippen LogP contribution in [0.4, 0.5) is 15.8 Å². The largest absolute Gasteiger partial charge is 0.325 e. The average molecular weight is 387 g/mol. The normalized spacial score (nSPS) is 10.6. The third-order valence-corrected chi connectivity index (χ3v) is 4.59. The molecule has 1 amide bonds. The zero-order valence-electron chi connectivity index (χ0n) is 14.1. The molecule has 0 bridgehead atoms. The zero-order valence-corrected chi connectivity index (χ0v) is 14.9. The van der Waals surface area contributed by atoms with Gasteiger partial charge >= 0.3 is 5.69 Å². The van der Waals surface area contributed by atoms with Gasteiger partial charge in [-0.15, -0.1) is 10.2 Å². The van der Waals surface area contributed by atoms with Gasteiger partial charge in [-0.3, -0.25) is 19.5 Å². The van der Waals surface area contributed by atoms with Crippen molar-refractivity contribution < 1.29 is 14.1 Å². The number of nitro groups is 1. The van der Waals surface area contributed by atoms with Crippen LogP contribution in [0.5, 0.6) is 0 Å². The zero-order chi connectivity index (χ0) is 19.4. The first-order valence-corrected chi connectivity index (χ1v) is 8.77. The first-order valence-electron chi connectivity index (χ1n) is 7.78. The highest BCUT2D eigenvalue weighted by Gasteiger charge is 2.16. The highest BCUT2D eigenvalue weighted by Crippen LogP contribution is 2.24. The molecule has 0 aliphatic heterocycles. The molecule has 0 aliphatic rings. The number of carbonyl (C=O) groups is 1. The van der Waals surface area contributed by atoms with E-state index in [9.17, 15) is 19.3 Å². The fraction of sp³-hybridized carbons (Fsp3) is 0.118. The van der Waals surface area contributed by atoms with Crippen LogP contribution in [0.3, 0.4) is 0 Å². The summed E-state index contributed by atoms with van der Waals surface area (Å²) in [6, 6.07) is 10.9. The molecule has 1 aromatic heterocycles. The van der Waals surface area contributed by atoms with Gasteiger partial charge in [-0.25, -0.2) is 0 Å². The molecule has 0 atom stereocenters. The lowest BCUT2D eigenvalue weighted by Crippen LogP contribution is -2.14. The fourth-order valence-electron chi connectivity index (χ4n) is 2.38. The third-order valence-electron chi connectivity index (χ3n) is 3.65. The maximum atomic E-state index is 13.4. The van der Waals surface area contributed by atoms with Crippen LogP contribution >= 0.6 is 11.8 Å². The van der Waals surface area contributed by atoms with Crippen LogP contribution in [0.2, 0.25) is 0 Å². The van der Waals surface area contributed by atoms with Gasteiger partial charge < -0.3 is 5.32 Å². The van der Waals surface area contributed by atoms with E-state index >= 15 is 0 Å². The molecule has 0 spiro atoms. The number of amides is 1. The van der Waals surface area contributed by atoms with Crippen molar-refractivity contribution in [1.29, 1.82) is 0 Å². The summed E-state index contributed by atoms with van der Waals surface area (Å²) in [6.07, 6.45) is 1.56. The number of halogens is 1. The van der Waals surface area contributed by atoms with Gasteiger partial charge in [0.05, 0.1) is 16.4 Å². The Morgan fingerprint density at radius 3 is 2.85 bits per heavy atom. The van der Waals surface area contributed by atoms with E-state index in [0.29, 0.717) is 5.16 Å². The third kappa shape index (κ3) is 4.29. The number of anilines is 1. The molecule has 138 valence electrons. The number of hydrogen-bond acceptors (Lipinski definition) is 6. The number of aryl methyl sites for hydroxylation is 1. The lowest BCUT2D eigenvalue weighted by molar-refractivity contribution is -0.387. The van der Waals surface area contributed by atoms with E-state index in [4.69, 9.17) is 0 Å². The maximum Gasteiger partial charge on any atom is 0.306 e.